The van der Waals surface area contributed by atoms with Crippen LogP contribution in [0.2, 0.25) is 0 Å². The zero-order valence-electron chi connectivity index (χ0n) is 10.3. The number of hydrogen-bond acceptors (Lipinski definition) is 4. The third kappa shape index (κ3) is 3.59. The van der Waals surface area contributed by atoms with E-state index in [0.717, 1.165) is 0 Å². The molecule has 6 heteroatoms. The molecule has 1 aliphatic carbocycles. The van der Waals surface area contributed by atoms with Crippen molar-refractivity contribution < 1.29 is 24.5 Å². The number of amides is 1. The summed E-state index contributed by atoms with van der Waals surface area (Å²) in [6.45, 7) is 5.09. The van der Waals surface area contributed by atoms with Crippen molar-refractivity contribution in [1.82, 2.24) is 5.32 Å². The Kier molecular flexibility index (Phi) is 3.66. The van der Waals surface area contributed by atoms with Crippen LogP contribution in [0.25, 0.3) is 0 Å². The number of carbonyl (C=O) groups is 2. The lowest BCUT2D eigenvalue weighted by Crippen LogP contribution is -2.54. The summed E-state index contributed by atoms with van der Waals surface area (Å²) in [5.41, 5.74) is -2.08. The second-order valence-electron chi connectivity index (χ2n) is 5.41. The minimum absolute atomic E-state index is 0.0155. The number of aliphatic carboxylic acids is 1. The van der Waals surface area contributed by atoms with Crippen LogP contribution in [0.1, 0.15) is 40.0 Å². The molecule has 98 valence electrons. The van der Waals surface area contributed by atoms with E-state index < -0.39 is 29.3 Å². The molecule has 1 saturated carbocycles. The van der Waals surface area contributed by atoms with Crippen molar-refractivity contribution in [3.05, 3.63) is 0 Å². The molecule has 0 aliphatic heterocycles. The van der Waals surface area contributed by atoms with Gasteiger partial charge in [0.2, 0.25) is 0 Å². The number of alkyl carbamates (subject to hydrolysis) is 1. The third-order valence-corrected chi connectivity index (χ3v) is 2.64. The van der Waals surface area contributed by atoms with Gasteiger partial charge >= 0.3 is 12.1 Å². The number of carboxylic acid groups (broad SMARTS) is 1. The predicted octanol–water partition coefficient (Wildman–Crippen LogP) is 0.879. The van der Waals surface area contributed by atoms with Crippen molar-refractivity contribution in [1.29, 1.82) is 0 Å². The Balaban J connectivity index is 2.69. The summed E-state index contributed by atoms with van der Waals surface area (Å²) in [4.78, 5) is 22.7. The highest BCUT2D eigenvalue weighted by atomic mass is 16.6. The molecule has 6 nitrogen and oxygen atoms in total. The Morgan fingerprint density at radius 3 is 2.35 bits per heavy atom. The Morgan fingerprint density at radius 1 is 1.41 bits per heavy atom. The summed E-state index contributed by atoms with van der Waals surface area (Å²) < 4.78 is 5.02. The van der Waals surface area contributed by atoms with Crippen molar-refractivity contribution in [3.8, 4) is 0 Å². The zero-order chi connectivity index (χ0) is 13.3. The lowest BCUT2D eigenvalue weighted by molar-refractivity contribution is -0.145. The minimum Gasteiger partial charge on any atom is -0.480 e. The van der Waals surface area contributed by atoms with E-state index in [2.05, 4.69) is 5.32 Å². The van der Waals surface area contributed by atoms with E-state index in [4.69, 9.17) is 9.84 Å². The molecule has 3 N–H and O–H groups in total. The summed E-state index contributed by atoms with van der Waals surface area (Å²) in [7, 11) is 0. The first kappa shape index (κ1) is 13.8. The van der Waals surface area contributed by atoms with Gasteiger partial charge in [-0.1, -0.05) is 0 Å². The first-order valence-corrected chi connectivity index (χ1v) is 5.57. The Labute approximate surface area is 100.0 Å². The summed E-state index contributed by atoms with van der Waals surface area (Å²) in [5.74, 6) is -1.14. The van der Waals surface area contributed by atoms with Crippen LogP contribution in [0.5, 0.6) is 0 Å². The molecule has 0 radical (unpaired) electrons. The third-order valence-electron chi connectivity index (χ3n) is 2.64. The first-order valence-electron chi connectivity index (χ1n) is 5.57. The van der Waals surface area contributed by atoms with E-state index in [1.165, 1.54) is 0 Å². The molecule has 0 bridgehead atoms. The maximum Gasteiger partial charge on any atom is 0.408 e. The molecule has 1 aliphatic rings. The molecule has 2 atom stereocenters. The van der Waals surface area contributed by atoms with E-state index in [-0.39, 0.29) is 12.8 Å². The van der Waals surface area contributed by atoms with Crippen LogP contribution in [-0.2, 0) is 9.53 Å². The lowest BCUT2D eigenvalue weighted by atomic mass is 9.98. The van der Waals surface area contributed by atoms with Crippen molar-refractivity contribution in [3.63, 3.8) is 0 Å². The fraction of sp³-hybridized carbons (Fsp3) is 0.818. The van der Waals surface area contributed by atoms with Crippen LogP contribution in [-0.4, -0.2) is 39.5 Å². The van der Waals surface area contributed by atoms with Crippen LogP contribution in [0.4, 0.5) is 4.79 Å². The quantitative estimate of drug-likeness (QED) is 0.671. The van der Waals surface area contributed by atoms with Gasteiger partial charge in [-0.15, -0.1) is 0 Å². The Morgan fingerprint density at radius 2 is 2.00 bits per heavy atom. The fourth-order valence-electron chi connectivity index (χ4n) is 1.88. The van der Waals surface area contributed by atoms with Gasteiger partial charge in [0.05, 0.1) is 6.10 Å². The average molecular weight is 245 g/mol. The maximum atomic E-state index is 11.6. The second-order valence-corrected chi connectivity index (χ2v) is 5.41. The fourth-order valence-corrected chi connectivity index (χ4v) is 1.88. The number of carboxylic acids is 1. The number of hydrogen-bond donors (Lipinski definition) is 3. The molecule has 17 heavy (non-hydrogen) atoms. The monoisotopic (exact) mass is 245 g/mol. The van der Waals surface area contributed by atoms with E-state index in [1.807, 2.05) is 0 Å². The number of rotatable bonds is 2. The summed E-state index contributed by atoms with van der Waals surface area (Å²) in [6, 6.07) is 0. The highest BCUT2D eigenvalue weighted by Gasteiger charge is 2.47. The normalized spacial score (nSPS) is 28.8. The van der Waals surface area contributed by atoms with E-state index in [9.17, 15) is 14.7 Å². The van der Waals surface area contributed by atoms with Gasteiger partial charge in [-0.25, -0.2) is 9.59 Å². The van der Waals surface area contributed by atoms with Gasteiger partial charge in [0.15, 0.2) is 0 Å². The van der Waals surface area contributed by atoms with E-state index in [0.29, 0.717) is 6.42 Å². The first-order chi connectivity index (χ1) is 7.65. The molecule has 0 aromatic carbocycles. The van der Waals surface area contributed by atoms with Gasteiger partial charge < -0.3 is 20.3 Å². The van der Waals surface area contributed by atoms with Gasteiger partial charge in [0.1, 0.15) is 11.1 Å². The van der Waals surface area contributed by atoms with Gasteiger partial charge in [0, 0.05) is 6.42 Å². The zero-order valence-corrected chi connectivity index (χ0v) is 10.3. The molecular weight excluding hydrogens is 226 g/mol. The molecule has 1 fully saturated rings. The molecule has 1 amide bonds. The molecule has 0 unspecified atom stereocenters. The largest absolute Gasteiger partial charge is 0.480 e. The molecule has 0 spiro atoms. The smallest absolute Gasteiger partial charge is 0.408 e. The molecule has 0 aromatic heterocycles. The summed E-state index contributed by atoms with van der Waals surface area (Å²) >= 11 is 0. The van der Waals surface area contributed by atoms with Crippen molar-refractivity contribution in [2.45, 2.75) is 57.3 Å². The SMILES string of the molecule is CC(C)(C)OC(=O)N[C@]1(C(=O)O)CC[C@@H](O)C1. The Hall–Kier alpha value is -1.30. The predicted molar refractivity (Wildman–Crippen MR) is 59.6 cm³/mol. The molecule has 0 saturated heterocycles. The van der Waals surface area contributed by atoms with Crippen LogP contribution in [0, 0.1) is 0 Å². The van der Waals surface area contributed by atoms with Crippen molar-refractivity contribution in [2.75, 3.05) is 0 Å². The van der Waals surface area contributed by atoms with Crippen LogP contribution in [0.15, 0.2) is 0 Å². The molecule has 0 aromatic rings. The maximum absolute atomic E-state index is 11.6. The number of carbonyl (C=O) groups excluding carboxylic acids is 1. The van der Waals surface area contributed by atoms with Gasteiger partial charge in [-0.05, 0) is 33.6 Å². The highest BCUT2D eigenvalue weighted by molar-refractivity contribution is 5.84. The molecular formula is C11H19NO5. The lowest BCUT2D eigenvalue weighted by Gasteiger charge is -2.27. The van der Waals surface area contributed by atoms with E-state index >= 15 is 0 Å². The average Bonchev–Trinajstić information content (AvgIpc) is 2.44. The number of nitrogens with one attached hydrogen (secondary N) is 1. The number of ether oxygens (including phenoxy) is 1. The Bertz CT molecular complexity index is 322. The second kappa shape index (κ2) is 4.52. The minimum atomic E-state index is -1.40. The van der Waals surface area contributed by atoms with E-state index in [1.54, 1.807) is 20.8 Å². The topological polar surface area (TPSA) is 95.9 Å². The summed E-state index contributed by atoms with van der Waals surface area (Å²) in [6.07, 6.45) is -0.873. The molecule has 1 rings (SSSR count). The van der Waals surface area contributed by atoms with Crippen molar-refractivity contribution in [2.24, 2.45) is 0 Å². The highest BCUT2D eigenvalue weighted by Crippen LogP contribution is 2.30. The van der Waals surface area contributed by atoms with Crippen LogP contribution >= 0.6 is 0 Å². The van der Waals surface area contributed by atoms with Gasteiger partial charge in [-0.3, -0.25) is 0 Å². The standard InChI is InChI=1S/C11H19NO5/c1-10(2,3)17-9(16)12-11(8(14)15)5-4-7(13)6-11/h7,13H,4-6H2,1-3H3,(H,12,16)(H,14,15)/t7-,11-/m1/s1. The van der Waals surface area contributed by atoms with Gasteiger partial charge in [0.25, 0.3) is 0 Å². The summed E-state index contributed by atoms with van der Waals surface area (Å²) in [5, 5.41) is 20.9. The molecule has 0 heterocycles. The number of aliphatic hydroxyl groups is 1. The van der Waals surface area contributed by atoms with Crippen LogP contribution < -0.4 is 5.32 Å². The van der Waals surface area contributed by atoms with Crippen LogP contribution in [0.3, 0.4) is 0 Å². The number of aliphatic hydroxyl groups excluding tert-OH is 1. The van der Waals surface area contributed by atoms with Gasteiger partial charge in [-0.2, -0.15) is 0 Å². The van der Waals surface area contributed by atoms with Crippen molar-refractivity contribution >= 4 is 12.1 Å².